The molecule has 0 heterocycles. The van der Waals surface area contributed by atoms with Gasteiger partial charge in [-0.05, 0) is 67.4 Å². The van der Waals surface area contributed by atoms with Gasteiger partial charge in [-0.25, -0.2) is 10.2 Å². The minimum Gasteiger partial charge on any atom is -0.494 e. The van der Waals surface area contributed by atoms with Crippen LogP contribution in [-0.2, 0) is 0 Å². The lowest BCUT2D eigenvalue weighted by Crippen LogP contribution is -2.17. The summed E-state index contributed by atoms with van der Waals surface area (Å²) in [6.45, 7) is 4.60. The molecule has 1 N–H and O–H groups in total. The van der Waals surface area contributed by atoms with Crippen molar-refractivity contribution in [3.8, 4) is 11.5 Å². The third-order valence-corrected chi connectivity index (χ3v) is 5.29. The second kappa shape index (κ2) is 12.0. The van der Waals surface area contributed by atoms with E-state index in [9.17, 15) is 9.59 Å². The van der Waals surface area contributed by atoms with Crippen LogP contribution in [0.2, 0.25) is 0 Å². The first-order valence-corrected chi connectivity index (χ1v) is 11.4. The smallest absolute Gasteiger partial charge is 0.343 e. The van der Waals surface area contributed by atoms with Crippen molar-refractivity contribution >= 4 is 34.0 Å². The molecule has 0 atom stereocenters. The second-order valence-electron chi connectivity index (χ2n) is 7.31. The Hall–Kier alpha value is -3.45. The van der Waals surface area contributed by atoms with Crippen molar-refractivity contribution in [1.29, 1.82) is 0 Å². The highest BCUT2D eigenvalue weighted by molar-refractivity contribution is 9.10. The number of rotatable bonds is 9. The fourth-order valence-electron chi connectivity index (χ4n) is 2.93. The second-order valence-corrected chi connectivity index (χ2v) is 8.23. The predicted molar refractivity (Wildman–Crippen MR) is 132 cm³/mol. The number of benzene rings is 3. The zero-order chi connectivity index (χ0) is 23.6. The van der Waals surface area contributed by atoms with E-state index in [2.05, 4.69) is 33.4 Å². The monoisotopic (exact) mass is 508 g/mol. The summed E-state index contributed by atoms with van der Waals surface area (Å²) in [6.07, 6.45) is 3.48. The van der Waals surface area contributed by atoms with E-state index in [4.69, 9.17) is 9.47 Å². The summed E-state index contributed by atoms with van der Waals surface area (Å²) < 4.78 is 12.0. The average Bonchev–Trinajstić information content (AvgIpc) is 2.81. The Labute approximate surface area is 201 Å². The zero-order valence-electron chi connectivity index (χ0n) is 18.5. The van der Waals surface area contributed by atoms with Crippen molar-refractivity contribution in [3.05, 3.63) is 93.5 Å². The summed E-state index contributed by atoms with van der Waals surface area (Å²) >= 11 is 3.40. The molecule has 3 aromatic carbocycles. The van der Waals surface area contributed by atoms with Crippen molar-refractivity contribution in [3.63, 3.8) is 0 Å². The molecule has 33 heavy (non-hydrogen) atoms. The van der Waals surface area contributed by atoms with Gasteiger partial charge in [0.25, 0.3) is 5.91 Å². The molecule has 3 aromatic rings. The Bertz CT molecular complexity index is 1140. The van der Waals surface area contributed by atoms with E-state index in [0.717, 1.165) is 28.6 Å². The predicted octanol–water partition coefficient (Wildman–Crippen LogP) is 5.92. The summed E-state index contributed by atoms with van der Waals surface area (Å²) in [7, 11) is 0. The number of hydrogen-bond acceptors (Lipinski definition) is 5. The molecular formula is C26H25BrN2O4. The lowest BCUT2D eigenvalue weighted by atomic mass is 10.1. The number of unbranched alkanes of at least 4 members (excludes halogenated alkanes) is 1. The number of ether oxygens (including phenoxy) is 2. The Morgan fingerprint density at radius 1 is 1.06 bits per heavy atom. The highest BCUT2D eigenvalue weighted by atomic mass is 79.9. The van der Waals surface area contributed by atoms with Gasteiger partial charge in [0.05, 0.1) is 18.4 Å². The minimum absolute atomic E-state index is 0.332. The number of nitrogens with zero attached hydrogens (tertiary/aromatic N) is 1. The SMILES string of the molecule is CCCCOc1ccc(C(=O)NN=Cc2cc(Br)ccc2OC(=O)c2ccccc2C)cc1. The van der Waals surface area contributed by atoms with Crippen LogP contribution >= 0.6 is 15.9 Å². The van der Waals surface area contributed by atoms with Gasteiger partial charge in [0.15, 0.2) is 0 Å². The van der Waals surface area contributed by atoms with Crippen LogP contribution in [0.5, 0.6) is 11.5 Å². The van der Waals surface area contributed by atoms with Crippen LogP contribution in [0.3, 0.4) is 0 Å². The van der Waals surface area contributed by atoms with Gasteiger partial charge in [-0.15, -0.1) is 0 Å². The summed E-state index contributed by atoms with van der Waals surface area (Å²) in [5.41, 5.74) is 4.79. The number of nitrogens with one attached hydrogen (secondary N) is 1. The van der Waals surface area contributed by atoms with E-state index in [-0.39, 0.29) is 5.91 Å². The zero-order valence-corrected chi connectivity index (χ0v) is 20.1. The van der Waals surface area contributed by atoms with Gasteiger partial charge in [0.2, 0.25) is 0 Å². The number of esters is 1. The molecule has 0 saturated carbocycles. The summed E-state index contributed by atoms with van der Waals surface area (Å²) in [4.78, 5) is 25.0. The third-order valence-electron chi connectivity index (χ3n) is 4.79. The quantitative estimate of drug-likeness (QED) is 0.128. The Kier molecular flexibility index (Phi) is 8.78. The first kappa shape index (κ1) is 24.2. The number of hydrazone groups is 1. The molecule has 0 aromatic heterocycles. The maximum atomic E-state index is 12.6. The molecule has 170 valence electrons. The molecule has 0 aliphatic carbocycles. The molecule has 0 aliphatic rings. The van der Waals surface area contributed by atoms with Crippen LogP contribution in [0.25, 0.3) is 0 Å². The van der Waals surface area contributed by atoms with E-state index >= 15 is 0 Å². The van der Waals surface area contributed by atoms with E-state index in [0.29, 0.717) is 29.0 Å². The highest BCUT2D eigenvalue weighted by Gasteiger charge is 2.13. The Morgan fingerprint density at radius 2 is 1.82 bits per heavy atom. The number of amides is 1. The first-order chi connectivity index (χ1) is 16.0. The molecular weight excluding hydrogens is 484 g/mol. The maximum absolute atomic E-state index is 12.6. The summed E-state index contributed by atoms with van der Waals surface area (Å²) in [5, 5.41) is 4.03. The van der Waals surface area contributed by atoms with Crippen LogP contribution in [0, 0.1) is 6.92 Å². The number of halogens is 1. The van der Waals surface area contributed by atoms with Crippen molar-refractivity contribution < 1.29 is 19.1 Å². The van der Waals surface area contributed by atoms with Gasteiger partial charge in [-0.2, -0.15) is 5.10 Å². The van der Waals surface area contributed by atoms with Crippen LogP contribution in [-0.4, -0.2) is 24.7 Å². The lowest BCUT2D eigenvalue weighted by Gasteiger charge is -2.09. The molecule has 0 saturated heterocycles. The first-order valence-electron chi connectivity index (χ1n) is 10.6. The molecule has 0 aliphatic heterocycles. The maximum Gasteiger partial charge on any atom is 0.343 e. The summed E-state index contributed by atoms with van der Waals surface area (Å²) in [6, 6.07) is 19.3. The van der Waals surface area contributed by atoms with Crippen LogP contribution in [0.15, 0.2) is 76.3 Å². The standard InChI is InChI=1S/C26H25BrN2O4/c1-3-4-15-32-22-12-9-19(10-13-22)25(30)29-28-17-20-16-21(27)11-14-24(20)33-26(31)23-8-6-5-7-18(23)2/h5-14,16-17H,3-4,15H2,1-2H3,(H,29,30). The van der Waals surface area contributed by atoms with E-state index in [1.165, 1.54) is 6.21 Å². The van der Waals surface area contributed by atoms with Crippen molar-refractivity contribution in [2.75, 3.05) is 6.61 Å². The average molecular weight is 509 g/mol. The van der Waals surface area contributed by atoms with Crippen molar-refractivity contribution in [2.24, 2.45) is 5.10 Å². The lowest BCUT2D eigenvalue weighted by molar-refractivity contribution is 0.0733. The van der Waals surface area contributed by atoms with Crippen LogP contribution < -0.4 is 14.9 Å². The molecule has 0 fully saturated rings. The number of carbonyl (C=O) groups is 2. The van der Waals surface area contributed by atoms with Gasteiger partial charge in [0.1, 0.15) is 11.5 Å². The van der Waals surface area contributed by atoms with Gasteiger partial charge < -0.3 is 9.47 Å². The fraction of sp³-hybridized carbons (Fsp3) is 0.192. The summed E-state index contributed by atoms with van der Waals surface area (Å²) in [5.74, 6) is 0.228. The molecule has 0 radical (unpaired) electrons. The van der Waals surface area contributed by atoms with Crippen LogP contribution in [0.1, 0.15) is 51.6 Å². The minimum atomic E-state index is -0.463. The topological polar surface area (TPSA) is 77.0 Å². The number of hydrogen-bond donors (Lipinski definition) is 1. The van der Waals surface area contributed by atoms with E-state index < -0.39 is 5.97 Å². The largest absolute Gasteiger partial charge is 0.494 e. The molecule has 7 heteroatoms. The fourth-order valence-corrected chi connectivity index (χ4v) is 3.31. The van der Waals surface area contributed by atoms with Gasteiger partial charge in [-0.1, -0.05) is 47.5 Å². The normalized spacial score (nSPS) is 10.8. The Balaban J connectivity index is 1.66. The molecule has 6 nitrogen and oxygen atoms in total. The van der Waals surface area contributed by atoms with Gasteiger partial charge in [0, 0.05) is 15.6 Å². The number of aryl methyl sites for hydroxylation is 1. The van der Waals surface area contributed by atoms with Crippen molar-refractivity contribution in [1.82, 2.24) is 5.43 Å². The van der Waals surface area contributed by atoms with Gasteiger partial charge in [-0.3, -0.25) is 4.79 Å². The van der Waals surface area contributed by atoms with E-state index in [1.54, 1.807) is 54.6 Å². The van der Waals surface area contributed by atoms with Gasteiger partial charge >= 0.3 is 5.97 Å². The van der Waals surface area contributed by atoms with Crippen molar-refractivity contribution in [2.45, 2.75) is 26.7 Å². The molecule has 0 bridgehead atoms. The van der Waals surface area contributed by atoms with E-state index in [1.807, 2.05) is 19.1 Å². The van der Waals surface area contributed by atoms with Crippen LogP contribution in [0.4, 0.5) is 0 Å². The molecule has 0 unspecified atom stereocenters. The molecule has 1 amide bonds. The Morgan fingerprint density at radius 3 is 2.55 bits per heavy atom. The third kappa shape index (κ3) is 7.02. The highest BCUT2D eigenvalue weighted by Crippen LogP contribution is 2.23. The number of carbonyl (C=O) groups excluding carboxylic acids is 2. The molecule has 0 spiro atoms. The molecule has 3 rings (SSSR count).